The fourth-order valence-electron chi connectivity index (χ4n) is 2.51. The molecule has 1 heteroatoms. The molecule has 1 aliphatic carbocycles. The largest absolute Gasteiger partial charge is 0.464 e. The van der Waals surface area contributed by atoms with Crippen LogP contribution in [0.5, 0.6) is 0 Å². The lowest BCUT2D eigenvalue weighted by atomic mass is 10.0. The van der Waals surface area contributed by atoms with Gasteiger partial charge in [-0.15, -0.1) is 0 Å². The first-order chi connectivity index (χ1) is 8.38. The van der Waals surface area contributed by atoms with Crippen LogP contribution in [-0.4, -0.2) is 0 Å². The predicted octanol–water partition coefficient (Wildman–Crippen LogP) is 4.33. The van der Waals surface area contributed by atoms with Gasteiger partial charge in [0, 0.05) is 12.0 Å². The van der Waals surface area contributed by atoms with Crippen LogP contribution in [0.15, 0.2) is 41.0 Å². The first kappa shape index (κ1) is 10.4. The number of hydrogen-bond acceptors (Lipinski definition) is 1. The molecule has 0 radical (unpaired) electrons. The van der Waals surface area contributed by atoms with E-state index in [2.05, 4.69) is 43.3 Å². The smallest absolute Gasteiger partial charge is 0.133 e. The van der Waals surface area contributed by atoms with Crippen molar-refractivity contribution in [3.8, 4) is 0 Å². The monoisotopic (exact) mass is 224 g/mol. The van der Waals surface area contributed by atoms with Gasteiger partial charge in [0.2, 0.25) is 0 Å². The van der Waals surface area contributed by atoms with Gasteiger partial charge in [-0.25, -0.2) is 0 Å². The van der Waals surface area contributed by atoms with E-state index in [1.165, 1.54) is 22.3 Å². The Morgan fingerprint density at radius 1 is 1.18 bits per heavy atom. The van der Waals surface area contributed by atoms with Crippen molar-refractivity contribution in [2.24, 2.45) is 0 Å². The predicted molar refractivity (Wildman–Crippen MR) is 70.7 cm³/mol. The molecule has 1 aromatic heterocycles. The number of furan rings is 1. The highest BCUT2D eigenvalue weighted by Gasteiger charge is 2.18. The van der Waals surface area contributed by atoms with E-state index < -0.39 is 0 Å². The molecule has 2 aromatic rings. The van der Waals surface area contributed by atoms with Gasteiger partial charge in [-0.3, -0.25) is 0 Å². The molecule has 0 atom stereocenters. The third-order valence-electron chi connectivity index (χ3n) is 3.32. The Morgan fingerprint density at radius 3 is 2.88 bits per heavy atom. The van der Waals surface area contributed by atoms with Crippen molar-refractivity contribution in [2.75, 3.05) is 0 Å². The summed E-state index contributed by atoms with van der Waals surface area (Å²) in [6, 6.07) is 10.7. The molecule has 1 aliphatic rings. The minimum absolute atomic E-state index is 1.00. The number of rotatable bonds is 3. The summed E-state index contributed by atoms with van der Waals surface area (Å²) in [5, 5.41) is 0. The molecule has 0 N–H and O–H groups in total. The second kappa shape index (κ2) is 4.25. The van der Waals surface area contributed by atoms with Gasteiger partial charge in [-0.2, -0.15) is 0 Å². The SMILES string of the molecule is CCCc1ccoc1C1=Cc2ccccc2C1. The Bertz CT molecular complexity index is 560. The molecule has 0 bridgehead atoms. The maximum Gasteiger partial charge on any atom is 0.133 e. The van der Waals surface area contributed by atoms with Crippen molar-refractivity contribution in [1.29, 1.82) is 0 Å². The van der Waals surface area contributed by atoms with E-state index in [9.17, 15) is 0 Å². The molecule has 0 amide bonds. The zero-order chi connectivity index (χ0) is 11.7. The number of aryl methyl sites for hydroxylation is 1. The van der Waals surface area contributed by atoms with Crippen LogP contribution >= 0.6 is 0 Å². The first-order valence-corrected chi connectivity index (χ1v) is 6.23. The normalized spacial score (nSPS) is 13.6. The zero-order valence-electron chi connectivity index (χ0n) is 10.1. The molecule has 3 rings (SSSR count). The third kappa shape index (κ3) is 1.82. The lowest BCUT2D eigenvalue weighted by molar-refractivity contribution is 0.548. The van der Waals surface area contributed by atoms with Crippen LogP contribution in [0.2, 0.25) is 0 Å². The van der Waals surface area contributed by atoms with Gasteiger partial charge >= 0.3 is 0 Å². The maximum atomic E-state index is 5.66. The second-order valence-electron chi connectivity index (χ2n) is 4.57. The molecule has 17 heavy (non-hydrogen) atoms. The summed E-state index contributed by atoms with van der Waals surface area (Å²) in [7, 11) is 0. The standard InChI is InChI=1S/C16H16O/c1-2-5-12-8-9-17-16(12)15-10-13-6-3-4-7-14(13)11-15/h3-4,6-10H,2,5,11H2,1H3. The molecular weight excluding hydrogens is 208 g/mol. The third-order valence-corrected chi connectivity index (χ3v) is 3.32. The summed E-state index contributed by atoms with van der Waals surface area (Å²) in [5.41, 5.74) is 5.40. The minimum atomic E-state index is 1.00. The van der Waals surface area contributed by atoms with Gasteiger partial charge in [0.15, 0.2) is 0 Å². The summed E-state index contributed by atoms with van der Waals surface area (Å²) >= 11 is 0. The van der Waals surface area contributed by atoms with Gasteiger partial charge < -0.3 is 4.42 Å². The lowest BCUT2D eigenvalue weighted by Gasteiger charge is -2.02. The van der Waals surface area contributed by atoms with Crippen molar-refractivity contribution in [3.05, 3.63) is 59.0 Å². The summed E-state index contributed by atoms with van der Waals surface area (Å²) in [6.45, 7) is 2.20. The summed E-state index contributed by atoms with van der Waals surface area (Å²) < 4.78 is 5.66. The minimum Gasteiger partial charge on any atom is -0.464 e. The lowest BCUT2D eigenvalue weighted by Crippen LogP contribution is -1.89. The summed E-state index contributed by atoms with van der Waals surface area (Å²) in [4.78, 5) is 0. The molecule has 0 fully saturated rings. The van der Waals surface area contributed by atoms with Gasteiger partial charge in [0.25, 0.3) is 0 Å². The van der Waals surface area contributed by atoms with Crippen molar-refractivity contribution < 1.29 is 4.42 Å². The van der Waals surface area contributed by atoms with Crippen LogP contribution in [0.3, 0.4) is 0 Å². The first-order valence-electron chi connectivity index (χ1n) is 6.23. The molecule has 0 aliphatic heterocycles. The maximum absolute atomic E-state index is 5.66. The molecule has 0 spiro atoms. The van der Waals surface area contributed by atoms with Gasteiger partial charge in [0.1, 0.15) is 5.76 Å². The van der Waals surface area contributed by atoms with Crippen LogP contribution in [-0.2, 0) is 12.8 Å². The van der Waals surface area contributed by atoms with Crippen LogP contribution in [0, 0.1) is 0 Å². The average Bonchev–Trinajstić information content (AvgIpc) is 2.94. The number of hydrogen-bond donors (Lipinski definition) is 0. The van der Waals surface area contributed by atoms with Crippen LogP contribution in [0.1, 0.15) is 35.8 Å². The van der Waals surface area contributed by atoms with Crippen LogP contribution in [0.4, 0.5) is 0 Å². The van der Waals surface area contributed by atoms with Gasteiger partial charge in [-0.1, -0.05) is 37.6 Å². The van der Waals surface area contributed by atoms with Crippen molar-refractivity contribution in [1.82, 2.24) is 0 Å². The Morgan fingerprint density at radius 2 is 2.06 bits per heavy atom. The highest BCUT2D eigenvalue weighted by molar-refractivity contribution is 5.87. The Balaban J connectivity index is 1.95. The summed E-state index contributed by atoms with van der Waals surface area (Å²) in [5.74, 6) is 1.09. The summed E-state index contributed by atoms with van der Waals surface area (Å²) in [6.07, 6.45) is 7.32. The Labute approximate surface area is 102 Å². The van der Waals surface area contributed by atoms with Crippen molar-refractivity contribution >= 4 is 11.6 Å². The van der Waals surface area contributed by atoms with Crippen LogP contribution in [0.25, 0.3) is 11.6 Å². The number of benzene rings is 1. The highest BCUT2D eigenvalue weighted by Crippen LogP contribution is 2.33. The molecule has 86 valence electrons. The van der Waals surface area contributed by atoms with E-state index in [-0.39, 0.29) is 0 Å². The van der Waals surface area contributed by atoms with Crippen LogP contribution < -0.4 is 0 Å². The van der Waals surface area contributed by atoms with E-state index >= 15 is 0 Å². The van der Waals surface area contributed by atoms with E-state index in [1.54, 1.807) is 0 Å². The van der Waals surface area contributed by atoms with E-state index in [0.717, 1.165) is 25.0 Å². The molecular formula is C16H16O. The van der Waals surface area contributed by atoms with E-state index in [4.69, 9.17) is 4.42 Å². The van der Waals surface area contributed by atoms with Crippen molar-refractivity contribution in [2.45, 2.75) is 26.2 Å². The zero-order valence-corrected chi connectivity index (χ0v) is 10.1. The van der Waals surface area contributed by atoms with Gasteiger partial charge in [-0.05, 0) is 35.3 Å². The number of fused-ring (bicyclic) bond motifs is 1. The molecule has 0 saturated heterocycles. The molecule has 1 aromatic carbocycles. The fourth-order valence-corrected chi connectivity index (χ4v) is 2.51. The highest BCUT2D eigenvalue weighted by atomic mass is 16.3. The Hall–Kier alpha value is -1.76. The molecule has 0 unspecified atom stereocenters. The quantitative estimate of drug-likeness (QED) is 0.756. The molecule has 1 nitrogen and oxygen atoms in total. The number of allylic oxidation sites excluding steroid dienone is 1. The second-order valence-corrected chi connectivity index (χ2v) is 4.57. The molecule has 0 saturated carbocycles. The van der Waals surface area contributed by atoms with Crippen molar-refractivity contribution in [3.63, 3.8) is 0 Å². The van der Waals surface area contributed by atoms with E-state index in [0.29, 0.717) is 0 Å². The fraction of sp³-hybridized carbons (Fsp3) is 0.250. The molecule has 1 heterocycles. The Kier molecular flexibility index (Phi) is 2.60. The van der Waals surface area contributed by atoms with E-state index in [1.807, 2.05) is 6.26 Å². The topological polar surface area (TPSA) is 13.1 Å². The average molecular weight is 224 g/mol. The van der Waals surface area contributed by atoms with Gasteiger partial charge in [0.05, 0.1) is 6.26 Å².